The van der Waals surface area contributed by atoms with Gasteiger partial charge in [0.1, 0.15) is 11.4 Å². The van der Waals surface area contributed by atoms with Gasteiger partial charge in [0.25, 0.3) is 5.91 Å². The van der Waals surface area contributed by atoms with Crippen LogP contribution in [0.3, 0.4) is 0 Å². The first-order chi connectivity index (χ1) is 15.7. The highest BCUT2D eigenvalue weighted by Crippen LogP contribution is 2.31. The van der Waals surface area contributed by atoms with Crippen molar-refractivity contribution in [3.05, 3.63) is 58.9 Å². The topological polar surface area (TPSA) is 64.6 Å². The van der Waals surface area contributed by atoms with Gasteiger partial charge in [0, 0.05) is 12.6 Å². The molecule has 0 spiro atoms. The molecule has 0 atom stereocenters. The molecular formula is C25H34F3N3O2. The predicted molar refractivity (Wildman–Crippen MR) is 125 cm³/mol. The van der Waals surface area contributed by atoms with E-state index in [-0.39, 0.29) is 30.4 Å². The Labute approximate surface area is 194 Å². The number of aliphatic hydroxyl groups is 1. The van der Waals surface area contributed by atoms with Crippen LogP contribution in [0.25, 0.3) is 0 Å². The van der Waals surface area contributed by atoms with Crippen molar-refractivity contribution in [1.29, 1.82) is 0 Å². The number of benzene rings is 2. The van der Waals surface area contributed by atoms with E-state index >= 15 is 0 Å². The Morgan fingerprint density at radius 1 is 1.09 bits per heavy atom. The van der Waals surface area contributed by atoms with Crippen LogP contribution in [0.2, 0.25) is 0 Å². The zero-order valence-electron chi connectivity index (χ0n) is 19.9. The number of hydrogen-bond donors (Lipinski definition) is 3. The lowest BCUT2D eigenvalue weighted by Crippen LogP contribution is -2.67. The third kappa shape index (κ3) is 6.26. The Balaban J connectivity index is 0.00000187. The van der Waals surface area contributed by atoms with E-state index in [1.807, 2.05) is 13.8 Å². The van der Waals surface area contributed by atoms with E-state index in [1.54, 1.807) is 13.0 Å². The smallest absolute Gasteiger partial charge is 0.256 e. The van der Waals surface area contributed by atoms with Crippen LogP contribution in [0.1, 0.15) is 56.5 Å². The number of anilines is 2. The van der Waals surface area contributed by atoms with Crippen molar-refractivity contribution in [1.82, 2.24) is 10.2 Å². The molecule has 33 heavy (non-hydrogen) atoms. The van der Waals surface area contributed by atoms with Crippen molar-refractivity contribution in [2.45, 2.75) is 59.1 Å². The maximum Gasteiger partial charge on any atom is 0.256 e. The minimum atomic E-state index is -1.27. The second kappa shape index (κ2) is 11.5. The molecule has 0 unspecified atom stereocenters. The van der Waals surface area contributed by atoms with Crippen molar-refractivity contribution in [3.63, 3.8) is 0 Å². The lowest BCUT2D eigenvalue weighted by atomic mass is 9.92. The van der Waals surface area contributed by atoms with Crippen LogP contribution in [0.15, 0.2) is 30.3 Å². The highest BCUT2D eigenvalue weighted by atomic mass is 19.2. The lowest BCUT2D eigenvalue weighted by Gasteiger charge is -2.47. The number of nitrogens with zero attached hydrogens (tertiary/aromatic N) is 1. The van der Waals surface area contributed by atoms with Crippen LogP contribution in [-0.4, -0.2) is 47.2 Å². The largest absolute Gasteiger partial charge is 0.385 e. The number of likely N-dealkylation sites (tertiary alicyclic amines) is 1. The summed E-state index contributed by atoms with van der Waals surface area (Å²) in [6.45, 7) is 10.3. The normalized spacial score (nSPS) is 14.4. The number of carbonyl (C=O) groups excluding carboxylic acids is 1. The number of aryl methyl sites for hydroxylation is 1. The average Bonchev–Trinajstić information content (AvgIpc) is 2.78. The van der Waals surface area contributed by atoms with Gasteiger partial charge in [0.2, 0.25) is 0 Å². The van der Waals surface area contributed by atoms with Gasteiger partial charge in [-0.25, -0.2) is 13.2 Å². The summed E-state index contributed by atoms with van der Waals surface area (Å²) in [5.74, 6) is -3.63. The van der Waals surface area contributed by atoms with E-state index < -0.39 is 34.6 Å². The Kier molecular flexibility index (Phi) is 9.31. The third-order valence-corrected chi connectivity index (χ3v) is 5.67. The molecule has 2 aromatic carbocycles. The second-order valence-electron chi connectivity index (χ2n) is 8.17. The minimum Gasteiger partial charge on any atom is -0.385 e. The van der Waals surface area contributed by atoms with E-state index in [9.17, 15) is 23.1 Å². The van der Waals surface area contributed by atoms with Crippen LogP contribution >= 0.6 is 0 Å². The van der Waals surface area contributed by atoms with Gasteiger partial charge in [0.15, 0.2) is 11.6 Å². The van der Waals surface area contributed by atoms with E-state index in [4.69, 9.17) is 0 Å². The monoisotopic (exact) mass is 465 g/mol. The number of rotatable bonds is 8. The molecule has 0 bridgehead atoms. The molecule has 2 aromatic rings. The van der Waals surface area contributed by atoms with Gasteiger partial charge in [-0.3, -0.25) is 4.79 Å². The average molecular weight is 466 g/mol. The molecule has 1 heterocycles. The van der Waals surface area contributed by atoms with Crippen molar-refractivity contribution >= 4 is 17.3 Å². The molecule has 3 N–H and O–H groups in total. The zero-order chi connectivity index (χ0) is 24.8. The van der Waals surface area contributed by atoms with Crippen molar-refractivity contribution in [3.8, 4) is 0 Å². The van der Waals surface area contributed by atoms with E-state index in [0.717, 1.165) is 25.0 Å². The Morgan fingerprint density at radius 2 is 1.73 bits per heavy atom. The third-order valence-electron chi connectivity index (χ3n) is 5.67. The fourth-order valence-electron chi connectivity index (χ4n) is 3.71. The summed E-state index contributed by atoms with van der Waals surface area (Å²) in [7, 11) is 0. The molecular weight excluding hydrogens is 431 g/mol. The van der Waals surface area contributed by atoms with Crippen LogP contribution in [0.5, 0.6) is 0 Å². The van der Waals surface area contributed by atoms with Crippen molar-refractivity contribution in [2.75, 3.05) is 25.0 Å². The van der Waals surface area contributed by atoms with Gasteiger partial charge >= 0.3 is 0 Å². The molecule has 1 amide bonds. The van der Waals surface area contributed by atoms with Gasteiger partial charge in [-0.05, 0) is 49.6 Å². The predicted octanol–water partition coefficient (Wildman–Crippen LogP) is 5.15. The molecule has 1 fully saturated rings. The number of β-amino-alcohol motifs (C(OH)–C–C–N with tert-alkyl or cyclic N) is 1. The summed E-state index contributed by atoms with van der Waals surface area (Å²) in [5.41, 5.74) is -1.04. The van der Waals surface area contributed by atoms with E-state index in [1.165, 1.54) is 17.0 Å². The zero-order valence-corrected chi connectivity index (χ0v) is 19.9. The summed E-state index contributed by atoms with van der Waals surface area (Å²) in [5, 5.41) is 16.4. The fourth-order valence-corrected chi connectivity index (χ4v) is 3.71. The summed E-state index contributed by atoms with van der Waals surface area (Å²) >= 11 is 0. The molecule has 0 saturated carbocycles. The maximum atomic E-state index is 14.6. The van der Waals surface area contributed by atoms with E-state index in [2.05, 4.69) is 24.5 Å². The molecule has 5 nitrogen and oxygen atoms in total. The first-order valence-electron chi connectivity index (χ1n) is 11.4. The van der Waals surface area contributed by atoms with Gasteiger partial charge in [-0.15, -0.1) is 0 Å². The van der Waals surface area contributed by atoms with Crippen molar-refractivity contribution in [2.24, 2.45) is 0 Å². The number of amides is 1. The Hall–Kier alpha value is -2.58. The van der Waals surface area contributed by atoms with Crippen molar-refractivity contribution < 1.29 is 23.1 Å². The van der Waals surface area contributed by atoms with Crippen LogP contribution in [-0.2, 0) is 0 Å². The SMILES string of the molecule is CC.CCC(CC)NCC1(O)CN(C(=O)c2ccc(F)c(F)c2Nc2ccc(C)cc2F)C1. The van der Waals surface area contributed by atoms with Gasteiger partial charge in [-0.1, -0.05) is 33.8 Å². The number of carbonyl (C=O) groups is 1. The van der Waals surface area contributed by atoms with Crippen LogP contribution in [0.4, 0.5) is 24.5 Å². The molecule has 182 valence electrons. The fraction of sp³-hybridized carbons (Fsp3) is 0.480. The van der Waals surface area contributed by atoms with Crippen LogP contribution < -0.4 is 10.6 Å². The quantitative estimate of drug-likeness (QED) is 0.505. The molecule has 8 heteroatoms. The molecule has 3 rings (SSSR count). The number of halogens is 3. The Bertz CT molecular complexity index is 958. The molecule has 1 aliphatic rings. The number of hydrogen-bond acceptors (Lipinski definition) is 4. The van der Waals surface area contributed by atoms with E-state index in [0.29, 0.717) is 12.1 Å². The molecule has 1 aliphatic heterocycles. The van der Waals surface area contributed by atoms with Gasteiger partial charge in [-0.2, -0.15) is 0 Å². The first kappa shape index (κ1) is 26.7. The summed E-state index contributed by atoms with van der Waals surface area (Å²) in [6.07, 6.45) is 1.85. The summed E-state index contributed by atoms with van der Waals surface area (Å²) < 4.78 is 42.7. The highest BCUT2D eigenvalue weighted by molar-refractivity contribution is 6.01. The molecule has 0 aromatic heterocycles. The summed E-state index contributed by atoms with van der Waals surface area (Å²) in [4.78, 5) is 14.3. The standard InChI is InChI=1S/C23H28F3N3O2.C2H6/c1-4-15(5-2)27-11-23(31)12-29(13-23)22(30)16-7-8-17(24)20(26)21(16)28-19-9-6-14(3)10-18(19)25;1-2/h6-10,15,27-28,31H,4-5,11-13H2,1-3H3;1-2H3. The first-order valence-corrected chi connectivity index (χ1v) is 11.4. The molecule has 1 saturated heterocycles. The van der Waals surface area contributed by atoms with Gasteiger partial charge < -0.3 is 20.6 Å². The summed E-state index contributed by atoms with van der Waals surface area (Å²) in [6, 6.07) is 6.57. The van der Waals surface area contributed by atoms with Gasteiger partial charge in [0.05, 0.1) is 30.0 Å². The lowest BCUT2D eigenvalue weighted by molar-refractivity contribution is -0.0798. The maximum absolute atomic E-state index is 14.6. The Morgan fingerprint density at radius 3 is 2.30 bits per heavy atom. The molecule has 0 aliphatic carbocycles. The molecule has 0 radical (unpaired) electrons. The second-order valence-corrected chi connectivity index (χ2v) is 8.17. The number of nitrogens with one attached hydrogen (secondary N) is 2. The highest BCUT2D eigenvalue weighted by Gasteiger charge is 2.44. The minimum absolute atomic E-state index is 0.0658. The van der Waals surface area contributed by atoms with Crippen LogP contribution in [0, 0.1) is 24.4 Å².